The van der Waals surface area contributed by atoms with Crippen molar-refractivity contribution in [3.05, 3.63) is 38.6 Å². The highest BCUT2D eigenvalue weighted by Gasteiger charge is 2.24. The van der Waals surface area contributed by atoms with Crippen molar-refractivity contribution in [2.24, 2.45) is 5.73 Å². The van der Waals surface area contributed by atoms with E-state index in [-0.39, 0.29) is 5.56 Å². The van der Waals surface area contributed by atoms with Crippen LogP contribution in [0.2, 0.25) is 0 Å². The highest BCUT2D eigenvalue weighted by molar-refractivity contribution is 7.20. The van der Waals surface area contributed by atoms with Gasteiger partial charge in [-0.1, -0.05) is 13.0 Å². The van der Waals surface area contributed by atoms with Gasteiger partial charge in [0.05, 0.1) is 5.39 Å². The van der Waals surface area contributed by atoms with E-state index in [9.17, 15) is 9.59 Å². The van der Waals surface area contributed by atoms with Crippen LogP contribution in [0.5, 0.6) is 0 Å². The first-order chi connectivity index (χ1) is 11.5. The summed E-state index contributed by atoms with van der Waals surface area (Å²) in [6.45, 7) is 5.68. The number of nitrogens with two attached hydrogens (primary N) is 1. The molecule has 0 aliphatic rings. The van der Waals surface area contributed by atoms with E-state index >= 15 is 0 Å². The van der Waals surface area contributed by atoms with Gasteiger partial charge in [0.2, 0.25) is 5.91 Å². The molecule has 0 aliphatic heterocycles. The lowest BCUT2D eigenvalue weighted by molar-refractivity contribution is -0.120. The summed E-state index contributed by atoms with van der Waals surface area (Å²) in [5, 5.41) is 2.58. The summed E-state index contributed by atoms with van der Waals surface area (Å²) in [6.07, 6.45) is 1.47. The number of primary amides is 1. The molecule has 3 aromatic heterocycles. The van der Waals surface area contributed by atoms with E-state index in [0.717, 1.165) is 26.6 Å². The Labute approximate surface area is 147 Å². The minimum atomic E-state index is -0.715. The van der Waals surface area contributed by atoms with Gasteiger partial charge in [0, 0.05) is 21.7 Å². The Balaban J connectivity index is 2.39. The average Bonchev–Trinajstić information content (AvgIpc) is 3.14. The lowest BCUT2D eigenvalue weighted by Gasteiger charge is -2.16. The first-order valence-electron chi connectivity index (χ1n) is 7.83. The first-order valence-corrected chi connectivity index (χ1v) is 9.53. The van der Waals surface area contributed by atoms with Crippen molar-refractivity contribution in [1.82, 2.24) is 9.55 Å². The van der Waals surface area contributed by atoms with Crippen molar-refractivity contribution >= 4 is 38.8 Å². The molecule has 1 atom stereocenters. The van der Waals surface area contributed by atoms with Crippen LogP contribution in [-0.2, 0) is 11.2 Å². The van der Waals surface area contributed by atoms with Crippen LogP contribution in [0.25, 0.3) is 20.7 Å². The quantitative estimate of drug-likeness (QED) is 0.755. The van der Waals surface area contributed by atoms with E-state index in [0.29, 0.717) is 17.6 Å². The molecule has 1 amide bonds. The number of nitrogens with zero attached hydrogens (tertiary/aromatic N) is 2. The van der Waals surface area contributed by atoms with E-state index in [1.54, 1.807) is 18.3 Å². The molecule has 5 nitrogen and oxygen atoms in total. The topological polar surface area (TPSA) is 78.0 Å². The third kappa shape index (κ3) is 2.67. The fourth-order valence-electron chi connectivity index (χ4n) is 2.86. The zero-order chi connectivity index (χ0) is 17.4. The van der Waals surface area contributed by atoms with Crippen molar-refractivity contribution in [3.63, 3.8) is 0 Å². The molecule has 3 heterocycles. The molecule has 126 valence electrons. The Hall–Kier alpha value is -1.99. The van der Waals surface area contributed by atoms with Crippen molar-refractivity contribution in [3.8, 4) is 10.4 Å². The van der Waals surface area contributed by atoms with Crippen LogP contribution in [0.4, 0.5) is 0 Å². The molecule has 0 saturated heterocycles. The number of carbonyl (C=O) groups excluding carboxylic acids is 1. The third-order valence-corrected chi connectivity index (χ3v) is 5.93. The van der Waals surface area contributed by atoms with E-state index in [1.807, 2.05) is 31.4 Å². The van der Waals surface area contributed by atoms with Gasteiger partial charge in [-0.25, -0.2) is 4.98 Å². The lowest BCUT2D eigenvalue weighted by atomic mass is 10.1. The van der Waals surface area contributed by atoms with Crippen LogP contribution in [0, 0.1) is 6.92 Å². The number of amides is 1. The Bertz CT molecular complexity index is 955. The fourth-order valence-corrected chi connectivity index (χ4v) is 4.81. The Morgan fingerprint density at radius 2 is 2.21 bits per heavy atom. The highest BCUT2D eigenvalue weighted by Crippen LogP contribution is 2.38. The van der Waals surface area contributed by atoms with Crippen LogP contribution < -0.4 is 11.3 Å². The molecular formula is C17H19N3O2S2. The predicted octanol–water partition coefficient (Wildman–Crippen LogP) is 3.49. The molecule has 1 unspecified atom stereocenters. The second kappa shape index (κ2) is 6.49. The molecule has 2 N–H and O–H groups in total. The van der Waals surface area contributed by atoms with Gasteiger partial charge >= 0.3 is 0 Å². The Kier molecular flexibility index (Phi) is 4.56. The van der Waals surface area contributed by atoms with Crippen molar-refractivity contribution < 1.29 is 4.79 Å². The molecule has 7 heteroatoms. The molecule has 0 bridgehead atoms. The van der Waals surface area contributed by atoms with E-state index in [2.05, 4.69) is 0 Å². The number of rotatable bonds is 5. The number of aryl methyl sites for hydroxylation is 2. The van der Waals surface area contributed by atoms with Gasteiger partial charge in [0.15, 0.2) is 0 Å². The molecule has 3 aromatic rings. The molecular weight excluding hydrogens is 342 g/mol. The summed E-state index contributed by atoms with van der Waals surface area (Å²) in [7, 11) is 0. The molecule has 0 radical (unpaired) electrons. The van der Waals surface area contributed by atoms with Crippen LogP contribution in [0.1, 0.15) is 37.0 Å². The average molecular weight is 361 g/mol. The summed E-state index contributed by atoms with van der Waals surface area (Å²) < 4.78 is 1.47. The van der Waals surface area contributed by atoms with E-state index in [4.69, 9.17) is 10.7 Å². The van der Waals surface area contributed by atoms with Gasteiger partial charge in [0.1, 0.15) is 16.7 Å². The van der Waals surface area contributed by atoms with Gasteiger partial charge in [-0.2, -0.15) is 0 Å². The minimum Gasteiger partial charge on any atom is -0.368 e. The van der Waals surface area contributed by atoms with Gasteiger partial charge in [-0.05, 0) is 31.7 Å². The van der Waals surface area contributed by atoms with Crippen LogP contribution in [0.15, 0.2) is 22.3 Å². The van der Waals surface area contributed by atoms with E-state index in [1.165, 1.54) is 15.9 Å². The first kappa shape index (κ1) is 16.9. The zero-order valence-electron chi connectivity index (χ0n) is 13.8. The van der Waals surface area contributed by atoms with Crippen molar-refractivity contribution in [2.45, 2.75) is 39.7 Å². The molecule has 0 fully saturated rings. The maximum atomic E-state index is 13.2. The van der Waals surface area contributed by atoms with Gasteiger partial charge in [-0.15, -0.1) is 22.7 Å². The second-order valence-corrected chi connectivity index (χ2v) is 7.87. The maximum Gasteiger partial charge on any atom is 0.263 e. The Morgan fingerprint density at radius 3 is 2.79 bits per heavy atom. The van der Waals surface area contributed by atoms with Gasteiger partial charge in [0.25, 0.3) is 5.56 Å². The van der Waals surface area contributed by atoms with Gasteiger partial charge < -0.3 is 5.73 Å². The van der Waals surface area contributed by atoms with Crippen LogP contribution in [0.3, 0.4) is 0 Å². The molecule has 0 aromatic carbocycles. The standard InChI is InChI=1S/C17H19N3O2S2/c1-4-6-12-19-16-14(17(22)20(12)9(2)15(18)21)13(10(3)24-16)11-7-5-8-23-11/h5,7-9H,4,6H2,1-3H3,(H2,18,21). The summed E-state index contributed by atoms with van der Waals surface area (Å²) >= 11 is 3.12. The SMILES string of the molecule is CCCc1nc2sc(C)c(-c3cccs3)c2c(=O)n1C(C)C(N)=O. The number of fused-ring (bicyclic) bond motifs is 1. The van der Waals surface area contributed by atoms with Crippen LogP contribution in [-0.4, -0.2) is 15.5 Å². The summed E-state index contributed by atoms with van der Waals surface area (Å²) in [6, 6.07) is 3.25. The number of hydrogen-bond donors (Lipinski definition) is 1. The summed E-state index contributed by atoms with van der Waals surface area (Å²) in [5.41, 5.74) is 6.21. The highest BCUT2D eigenvalue weighted by atomic mass is 32.1. The van der Waals surface area contributed by atoms with Crippen molar-refractivity contribution in [2.75, 3.05) is 0 Å². The zero-order valence-corrected chi connectivity index (χ0v) is 15.5. The lowest BCUT2D eigenvalue weighted by Crippen LogP contribution is -2.35. The Morgan fingerprint density at radius 1 is 1.46 bits per heavy atom. The fraction of sp³-hybridized carbons (Fsp3) is 0.353. The van der Waals surface area contributed by atoms with E-state index < -0.39 is 11.9 Å². The van der Waals surface area contributed by atoms with Crippen molar-refractivity contribution in [1.29, 1.82) is 0 Å². The normalized spacial score (nSPS) is 12.6. The van der Waals surface area contributed by atoms with Gasteiger partial charge in [-0.3, -0.25) is 14.2 Å². The molecule has 0 saturated carbocycles. The molecule has 24 heavy (non-hydrogen) atoms. The smallest absolute Gasteiger partial charge is 0.263 e. The molecule has 3 rings (SSSR count). The number of aromatic nitrogens is 2. The third-order valence-electron chi connectivity index (χ3n) is 4.05. The van der Waals surface area contributed by atoms with Crippen LogP contribution >= 0.6 is 22.7 Å². The minimum absolute atomic E-state index is 0.178. The summed E-state index contributed by atoms with van der Waals surface area (Å²) in [5.74, 6) is 0.0977. The summed E-state index contributed by atoms with van der Waals surface area (Å²) in [4.78, 5) is 32.5. The number of carbonyl (C=O) groups is 1. The molecule has 0 spiro atoms. The number of thiophene rings is 2. The second-order valence-electron chi connectivity index (χ2n) is 5.72. The largest absolute Gasteiger partial charge is 0.368 e. The molecule has 0 aliphatic carbocycles. The predicted molar refractivity (Wildman–Crippen MR) is 99.8 cm³/mol. The number of hydrogen-bond acceptors (Lipinski definition) is 5. The maximum absolute atomic E-state index is 13.2. The monoisotopic (exact) mass is 361 g/mol.